The molecule has 12 heteroatoms. The van der Waals surface area contributed by atoms with Gasteiger partial charge in [-0.05, 0) is 31.0 Å². The van der Waals surface area contributed by atoms with Crippen LogP contribution in [0.5, 0.6) is 0 Å². The summed E-state index contributed by atoms with van der Waals surface area (Å²) in [6.07, 6.45) is -10.6. The second kappa shape index (κ2) is 9.44. The summed E-state index contributed by atoms with van der Waals surface area (Å²) < 4.78 is 86.5. The number of fused-ring (bicyclic) bond motifs is 1. The van der Waals surface area contributed by atoms with E-state index < -0.39 is 41.5 Å². The van der Waals surface area contributed by atoms with E-state index in [9.17, 15) is 31.1 Å². The van der Waals surface area contributed by atoms with Crippen LogP contribution in [0.2, 0.25) is 0 Å². The number of aromatic nitrogens is 2. The average Bonchev–Trinajstić information content (AvgIpc) is 2.74. The van der Waals surface area contributed by atoms with Crippen LogP contribution < -0.4 is 10.2 Å². The SMILES string of the molecule is CCCCN(CCC)c1cc(C(F)(F)F)cc(-c2ccnc3c2[C@H](C(F)(F)F)OC(=O)N3)n1. The number of amides is 1. The molecule has 1 amide bonds. The van der Waals surface area contributed by atoms with Gasteiger partial charge in [-0.15, -0.1) is 0 Å². The smallest absolute Gasteiger partial charge is 0.430 e. The molecular weight excluding hydrogens is 454 g/mol. The Morgan fingerprint density at radius 2 is 1.82 bits per heavy atom. The van der Waals surface area contributed by atoms with Crippen LogP contribution in [0.25, 0.3) is 11.3 Å². The lowest BCUT2D eigenvalue weighted by Crippen LogP contribution is -2.34. The first-order valence-electron chi connectivity index (χ1n) is 10.3. The molecule has 0 fully saturated rings. The van der Waals surface area contributed by atoms with E-state index in [0.29, 0.717) is 32.0 Å². The Balaban J connectivity index is 2.23. The number of nitrogens with zero attached hydrogens (tertiary/aromatic N) is 3. The molecule has 0 saturated heterocycles. The summed E-state index contributed by atoms with van der Waals surface area (Å²) in [6.45, 7) is 4.66. The fraction of sp³-hybridized carbons (Fsp3) is 0.476. The summed E-state index contributed by atoms with van der Waals surface area (Å²) in [6, 6.07) is 2.70. The van der Waals surface area contributed by atoms with E-state index in [1.54, 1.807) is 4.90 Å². The van der Waals surface area contributed by atoms with Crippen molar-refractivity contribution in [2.24, 2.45) is 0 Å². The van der Waals surface area contributed by atoms with Crippen LogP contribution >= 0.6 is 0 Å². The van der Waals surface area contributed by atoms with Crippen LogP contribution in [-0.2, 0) is 10.9 Å². The molecule has 3 heterocycles. The second-order valence-corrected chi connectivity index (χ2v) is 7.51. The first kappa shape index (κ1) is 24.6. The van der Waals surface area contributed by atoms with Crippen molar-refractivity contribution in [3.8, 4) is 11.3 Å². The molecule has 6 nitrogen and oxygen atoms in total. The third-order valence-electron chi connectivity index (χ3n) is 5.01. The number of nitrogens with one attached hydrogen (secondary N) is 1. The van der Waals surface area contributed by atoms with E-state index in [2.05, 4.69) is 20.0 Å². The van der Waals surface area contributed by atoms with Gasteiger partial charge in [0.2, 0.25) is 6.10 Å². The molecule has 180 valence electrons. The molecule has 0 spiro atoms. The van der Waals surface area contributed by atoms with Gasteiger partial charge in [0.05, 0.1) is 16.8 Å². The molecule has 1 aliphatic heterocycles. The average molecular weight is 476 g/mol. The van der Waals surface area contributed by atoms with Gasteiger partial charge in [0.1, 0.15) is 11.6 Å². The molecule has 1 aliphatic rings. The maximum atomic E-state index is 13.7. The van der Waals surface area contributed by atoms with Crippen molar-refractivity contribution in [3.63, 3.8) is 0 Å². The van der Waals surface area contributed by atoms with Gasteiger partial charge in [0.25, 0.3) is 0 Å². The Labute approximate surface area is 186 Å². The maximum absolute atomic E-state index is 13.7. The van der Waals surface area contributed by atoms with E-state index in [-0.39, 0.29) is 17.1 Å². The lowest BCUT2D eigenvalue weighted by molar-refractivity contribution is -0.206. The minimum atomic E-state index is -5.01. The van der Waals surface area contributed by atoms with Crippen molar-refractivity contribution in [2.45, 2.75) is 51.6 Å². The molecule has 0 unspecified atom stereocenters. The van der Waals surface area contributed by atoms with Crippen molar-refractivity contribution in [3.05, 3.63) is 35.5 Å². The van der Waals surface area contributed by atoms with Gasteiger partial charge >= 0.3 is 18.4 Å². The number of rotatable bonds is 7. The van der Waals surface area contributed by atoms with E-state index in [0.717, 1.165) is 24.8 Å². The minimum absolute atomic E-state index is 0.00464. The first-order chi connectivity index (χ1) is 15.5. The lowest BCUT2D eigenvalue weighted by Gasteiger charge is -2.29. The Kier molecular flexibility index (Phi) is 7.03. The maximum Gasteiger partial charge on any atom is 0.430 e. The van der Waals surface area contributed by atoms with E-state index >= 15 is 0 Å². The number of pyridine rings is 2. The first-order valence-corrected chi connectivity index (χ1v) is 10.3. The fourth-order valence-corrected chi connectivity index (χ4v) is 3.52. The topological polar surface area (TPSA) is 67.4 Å². The van der Waals surface area contributed by atoms with E-state index in [1.165, 1.54) is 0 Å². The van der Waals surface area contributed by atoms with Crippen LogP contribution in [0.1, 0.15) is 50.3 Å². The standard InChI is InChI=1S/C21H22F6N4O2/c1-3-5-9-31(8-4-2)15-11-12(20(22,23)24)10-14(29-15)13-6-7-28-18-16(13)17(21(25,26)27)33-19(32)30-18/h6-7,10-11,17H,3-5,8-9H2,1-2H3,(H,28,30,32)/t17-/m1/s1. The highest BCUT2D eigenvalue weighted by Gasteiger charge is 2.49. The van der Waals surface area contributed by atoms with Crippen molar-refractivity contribution < 1.29 is 35.9 Å². The zero-order valence-corrected chi connectivity index (χ0v) is 17.8. The summed E-state index contributed by atoms with van der Waals surface area (Å²) in [5.74, 6) is -0.437. The number of cyclic esters (lactones) is 1. The zero-order chi connectivity index (χ0) is 24.4. The number of hydrogen-bond acceptors (Lipinski definition) is 5. The highest BCUT2D eigenvalue weighted by atomic mass is 19.4. The molecule has 0 radical (unpaired) electrons. The quantitative estimate of drug-likeness (QED) is 0.472. The van der Waals surface area contributed by atoms with Crippen molar-refractivity contribution in [2.75, 3.05) is 23.3 Å². The molecule has 1 atom stereocenters. The van der Waals surface area contributed by atoms with E-state index in [4.69, 9.17) is 0 Å². The van der Waals surface area contributed by atoms with E-state index in [1.807, 2.05) is 13.8 Å². The number of halogens is 6. The van der Waals surface area contributed by atoms with Gasteiger partial charge in [0, 0.05) is 24.8 Å². The van der Waals surface area contributed by atoms with Crippen LogP contribution in [-0.4, -0.2) is 35.3 Å². The van der Waals surface area contributed by atoms with Crippen molar-refractivity contribution in [1.82, 2.24) is 9.97 Å². The number of hydrogen-bond donors (Lipinski definition) is 1. The third-order valence-corrected chi connectivity index (χ3v) is 5.01. The molecule has 2 aromatic heterocycles. The fourth-order valence-electron chi connectivity index (χ4n) is 3.52. The Morgan fingerprint density at radius 1 is 1.09 bits per heavy atom. The number of ether oxygens (including phenoxy) is 1. The highest BCUT2D eigenvalue weighted by molar-refractivity contribution is 5.89. The zero-order valence-electron chi connectivity index (χ0n) is 17.8. The predicted molar refractivity (Wildman–Crippen MR) is 109 cm³/mol. The second-order valence-electron chi connectivity index (χ2n) is 7.51. The predicted octanol–water partition coefficient (Wildman–Crippen LogP) is 6.34. The van der Waals surface area contributed by atoms with Gasteiger partial charge in [-0.25, -0.2) is 14.8 Å². The van der Waals surface area contributed by atoms with Crippen molar-refractivity contribution in [1.29, 1.82) is 0 Å². The van der Waals surface area contributed by atoms with Crippen LogP contribution in [0.3, 0.4) is 0 Å². The number of alkyl halides is 6. The van der Waals surface area contributed by atoms with Crippen LogP contribution in [0.15, 0.2) is 24.4 Å². The van der Waals surface area contributed by atoms with Crippen molar-refractivity contribution >= 4 is 17.7 Å². The molecule has 33 heavy (non-hydrogen) atoms. The molecular formula is C21H22F6N4O2. The molecule has 3 rings (SSSR count). The molecule has 2 aromatic rings. The lowest BCUT2D eigenvalue weighted by atomic mass is 9.98. The summed E-state index contributed by atoms with van der Waals surface area (Å²) >= 11 is 0. The summed E-state index contributed by atoms with van der Waals surface area (Å²) in [4.78, 5) is 21.3. The number of carbonyl (C=O) groups is 1. The minimum Gasteiger partial charge on any atom is -0.431 e. The van der Waals surface area contributed by atoms with Gasteiger partial charge in [-0.2, -0.15) is 26.3 Å². The number of carbonyl (C=O) groups excluding carboxylic acids is 1. The number of unbranched alkanes of at least 4 members (excludes halogenated alkanes) is 1. The Hall–Kier alpha value is -3.05. The summed E-state index contributed by atoms with van der Waals surface area (Å²) in [7, 11) is 0. The van der Waals surface area contributed by atoms with Crippen LogP contribution in [0, 0.1) is 0 Å². The summed E-state index contributed by atoms with van der Waals surface area (Å²) in [5.41, 5.74) is -2.24. The van der Waals surface area contributed by atoms with Gasteiger partial charge in [0.15, 0.2) is 0 Å². The van der Waals surface area contributed by atoms with Crippen LogP contribution in [0.4, 0.5) is 42.8 Å². The highest BCUT2D eigenvalue weighted by Crippen LogP contribution is 2.46. The Bertz CT molecular complexity index is 1010. The number of anilines is 2. The molecule has 1 N–H and O–H groups in total. The van der Waals surface area contributed by atoms with Gasteiger partial charge in [-0.3, -0.25) is 5.32 Å². The summed E-state index contributed by atoms with van der Waals surface area (Å²) in [5, 5.41) is 2.07. The van der Waals surface area contributed by atoms with Gasteiger partial charge < -0.3 is 9.64 Å². The molecule has 0 aromatic carbocycles. The largest absolute Gasteiger partial charge is 0.431 e. The monoisotopic (exact) mass is 476 g/mol. The normalized spacial score (nSPS) is 16.1. The molecule has 0 aliphatic carbocycles. The third kappa shape index (κ3) is 5.48. The van der Waals surface area contributed by atoms with Gasteiger partial charge in [-0.1, -0.05) is 20.3 Å². The Morgan fingerprint density at radius 3 is 2.42 bits per heavy atom. The molecule has 0 saturated carbocycles. The molecule has 0 bridgehead atoms.